The van der Waals surface area contributed by atoms with Crippen LogP contribution in [0.1, 0.15) is 55.2 Å². The molecular weight excluding hydrogens is 498 g/mol. The number of ether oxygens (including phenoxy) is 1. The number of likely N-dealkylation sites (tertiary alicyclic amines) is 1. The van der Waals surface area contributed by atoms with Gasteiger partial charge in [0.1, 0.15) is 23.0 Å². The SMILES string of the molecule is Cc1ccc(-c2noc(C3CC(F)(F)CN3C(=O)OC(C)(C)C)n2)cc1NC(=O)c1cnc2ccccn12. The maximum atomic E-state index is 14.3. The lowest BCUT2D eigenvalue weighted by molar-refractivity contribution is -0.00264. The average molecular weight is 525 g/mol. The Hall–Kier alpha value is -4.35. The van der Waals surface area contributed by atoms with Crippen molar-refractivity contribution >= 4 is 23.3 Å². The number of fused-ring (bicyclic) bond motifs is 1. The minimum absolute atomic E-state index is 0.125. The van der Waals surface area contributed by atoms with E-state index in [1.807, 2.05) is 13.0 Å². The molecule has 1 unspecified atom stereocenters. The molecule has 1 N–H and O–H groups in total. The van der Waals surface area contributed by atoms with Gasteiger partial charge in [-0.25, -0.2) is 18.6 Å². The number of benzene rings is 1. The van der Waals surface area contributed by atoms with Crippen LogP contribution in [0.4, 0.5) is 19.3 Å². The first-order valence-electron chi connectivity index (χ1n) is 12.0. The van der Waals surface area contributed by atoms with Crippen molar-refractivity contribution in [3.8, 4) is 11.4 Å². The number of pyridine rings is 1. The van der Waals surface area contributed by atoms with Crippen molar-refractivity contribution in [1.29, 1.82) is 0 Å². The fourth-order valence-electron chi connectivity index (χ4n) is 4.22. The monoisotopic (exact) mass is 524 g/mol. The Labute approximate surface area is 216 Å². The second kappa shape index (κ2) is 9.19. The number of aromatic nitrogens is 4. The summed E-state index contributed by atoms with van der Waals surface area (Å²) < 4.78 is 40.9. The zero-order chi connectivity index (χ0) is 27.2. The van der Waals surface area contributed by atoms with Crippen LogP contribution in [0.15, 0.2) is 53.3 Å². The molecule has 0 saturated carbocycles. The molecule has 4 heterocycles. The van der Waals surface area contributed by atoms with Gasteiger partial charge in [-0.1, -0.05) is 23.4 Å². The number of hydrogen-bond donors (Lipinski definition) is 1. The highest BCUT2D eigenvalue weighted by Gasteiger charge is 2.51. The Bertz CT molecular complexity index is 1520. The van der Waals surface area contributed by atoms with Gasteiger partial charge in [-0.15, -0.1) is 0 Å². The van der Waals surface area contributed by atoms with Crippen LogP contribution in [0.25, 0.3) is 17.0 Å². The van der Waals surface area contributed by atoms with E-state index >= 15 is 0 Å². The molecule has 38 heavy (non-hydrogen) atoms. The van der Waals surface area contributed by atoms with Crippen LogP contribution in [0.3, 0.4) is 0 Å². The number of halogens is 2. The first-order chi connectivity index (χ1) is 17.9. The summed E-state index contributed by atoms with van der Waals surface area (Å²) in [6.45, 7) is 5.98. The molecule has 0 aliphatic carbocycles. The Morgan fingerprint density at radius 1 is 1.21 bits per heavy atom. The molecule has 1 aliphatic rings. The van der Waals surface area contributed by atoms with Crippen molar-refractivity contribution in [1.82, 2.24) is 24.4 Å². The van der Waals surface area contributed by atoms with E-state index in [1.165, 1.54) is 6.20 Å². The zero-order valence-electron chi connectivity index (χ0n) is 21.2. The van der Waals surface area contributed by atoms with Crippen LogP contribution in [-0.2, 0) is 4.74 Å². The van der Waals surface area contributed by atoms with Gasteiger partial charge in [0.05, 0.1) is 12.7 Å². The molecule has 1 aliphatic heterocycles. The Balaban J connectivity index is 1.39. The summed E-state index contributed by atoms with van der Waals surface area (Å²) in [7, 11) is 0. The van der Waals surface area contributed by atoms with E-state index in [9.17, 15) is 18.4 Å². The Morgan fingerprint density at radius 3 is 2.76 bits per heavy atom. The van der Waals surface area contributed by atoms with Gasteiger partial charge in [-0.2, -0.15) is 4.98 Å². The van der Waals surface area contributed by atoms with Gasteiger partial charge in [0.2, 0.25) is 11.7 Å². The molecule has 198 valence electrons. The number of anilines is 1. The van der Waals surface area contributed by atoms with E-state index in [4.69, 9.17) is 9.26 Å². The third-order valence-electron chi connectivity index (χ3n) is 6.02. The quantitative estimate of drug-likeness (QED) is 0.387. The largest absolute Gasteiger partial charge is 0.444 e. The lowest BCUT2D eigenvalue weighted by atomic mass is 10.1. The molecule has 4 aromatic rings. The molecule has 10 nitrogen and oxygen atoms in total. The Morgan fingerprint density at radius 2 is 2.00 bits per heavy atom. The standard InChI is InChI=1S/C26H26F2N6O4/c1-15-8-9-16(11-17(15)30-22(35)19-13-29-20-7-5-6-10-33(19)20)21-31-23(38-32-21)18-12-26(27,28)14-34(18)24(36)37-25(2,3)4/h5-11,13,18H,12,14H2,1-4H3,(H,30,35). The zero-order valence-corrected chi connectivity index (χ0v) is 21.2. The van der Waals surface area contributed by atoms with Crippen molar-refractivity contribution in [3.63, 3.8) is 0 Å². The van der Waals surface area contributed by atoms with Crippen molar-refractivity contribution in [2.24, 2.45) is 0 Å². The normalized spacial score (nSPS) is 17.1. The molecule has 0 bridgehead atoms. The van der Waals surface area contributed by atoms with Crippen LogP contribution >= 0.6 is 0 Å². The van der Waals surface area contributed by atoms with Crippen molar-refractivity contribution in [2.75, 3.05) is 11.9 Å². The summed E-state index contributed by atoms with van der Waals surface area (Å²) in [4.78, 5) is 35.1. The van der Waals surface area contributed by atoms with Gasteiger partial charge in [-0.3, -0.25) is 14.1 Å². The lowest BCUT2D eigenvalue weighted by Crippen LogP contribution is -2.38. The molecule has 3 aromatic heterocycles. The van der Waals surface area contributed by atoms with E-state index in [0.29, 0.717) is 22.6 Å². The molecule has 0 radical (unpaired) electrons. The number of amides is 2. The number of carbonyl (C=O) groups excluding carboxylic acids is 2. The van der Waals surface area contributed by atoms with E-state index in [2.05, 4.69) is 20.4 Å². The fourth-order valence-corrected chi connectivity index (χ4v) is 4.22. The molecule has 1 fully saturated rings. The second-order valence-electron chi connectivity index (χ2n) is 10.2. The van der Waals surface area contributed by atoms with Crippen LogP contribution in [0.2, 0.25) is 0 Å². The lowest BCUT2D eigenvalue weighted by Gasteiger charge is -2.26. The molecule has 1 saturated heterocycles. The maximum Gasteiger partial charge on any atom is 0.411 e. The van der Waals surface area contributed by atoms with E-state index in [1.54, 1.807) is 61.7 Å². The van der Waals surface area contributed by atoms with Gasteiger partial charge in [0.15, 0.2) is 0 Å². The average Bonchev–Trinajstić information content (AvgIpc) is 3.56. The summed E-state index contributed by atoms with van der Waals surface area (Å²) in [6, 6.07) is 9.45. The minimum Gasteiger partial charge on any atom is -0.444 e. The number of aryl methyl sites for hydroxylation is 1. The van der Waals surface area contributed by atoms with Crippen molar-refractivity contribution in [3.05, 3.63) is 65.9 Å². The summed E-state index contributed by atoms with van der Waals surface area (Å²) in [5.74, 6) is -3.49. The van der Waals surface area contributed by atoms with Gasteiger partial charge >= 0.3 is 6.09 Å². The molecule has 1 aromatic carbocycles. The van der Waals surface area contributed by atoms with Crippen LogP contribution in [-0.4, -0.2) is 54.5 Å². The van der Waals surface area contributed by atoms with Gasteiger partial charge in [0, 0.05) is 23.9 Å². The molecule has 5 rings (SSSR count). The molecular formula is C26H26F2N6O4. The highest BCUT2D eigenvalue weighted by molar-refractivity contribution is 6.04. The van der Waals surface area contributed by atoms with Gasteiger partial charge < -0.3 is 14.6 Å². The van der Waals surface area contributed by atoms with Crippen molar-refractivity contribution < 1.29 is 27.6 Å². The molecule has 12 heteroatoms. The van der Waals surface area contributed by atoms with E-state index in [-0.39, 0.29) is 17.6 Å². The van der Waals surface area contributed by atoms with Crippen molar-refractivity contribution in [2.45, 2.75) is 51.7 Å². The van der Waals surface area contributed by atoms with Crippen LogP contribution in [0.5, 0.6) is 0 Å². The summed E-state index contributed by atoms with van der Waals surface area (Å²) >= 11 is 0. The number of alkyl halides is 2. The number of hydrogen-bond acceptors (Lipinski definition) is 7. The number of rotatable bonds is 4. The maximum absolute atomic E-state index is 14.3. The highest BCUT2D eigenvalue weighted by Crippen LogP contribution is 2.41. The number of carbonyl (C=O) groups is 2. The summed E-state index contributed by atoms with van der Waals surface area (Å²) in [6.07, 6.45) is 1.69. The fraction of sp³-hybridized carbons (Fsp3) is 0.346. The molecule has 1 atom stereocenters. The highest BCUT2D eigenvalue weighted by atomic mass is 19.3. The predicted octanol–water partition coefficient (Wildman–Crippen LogP) is 5.26. The minimum atomic E-state index is -3.13. The first-order valence-corrected chi connectivity index (χ1v) is 12.0. The van der Waals surface area contributed by atoms with E-state index in [0.717, 1.165) is 10.5 Å². The topological polar surface area (TPSA) is 115 Å². The molecule has 0 spiro atoms. The van der Waals surface area contributed by atoms with E-state index < -0.39 is 36.6 Å². The predicted molar refractivity (Wildman–Crippen MR) is 133 cm³/mol. The summed E-state index contributed by atoms with van der Waals surface area (Å²) in [5, 5.41) is 6.83. The number of imidazole rings is 1. The van der Waals surface area contributed by atoms with Crippen LogP contribution in [0, 0.1) is 6.92 Å². The third-order valence-corrected chi connectivity index (χ3v) is 6.02. The first kappa shape index (κ1) is 25.3. The second-order valence-corrected chi connectivity index (χ2v) is 10.2. The number of nitrogens with zero attached hydrogens (tertiary/aromatic N) is 5. The van der Waals surface area contributed by atoms with Gasteiger partial charge in [0.25, 0.3) is 11.8 Å². The van der Waals surface area contributed by atoms with Crippen LogP contribution < -0.4 is 5.32 Å². The third kappa shape index (κ3) is 5.06. The molecule has 2 amide bonds. The smallest absolute Gasteiger partial charge is 0.411 e. The Kier molecular flexibility index (Phi) is 6.12. The summed E-state index contributed by atoms with van der Waals surface area (Å²) in [5.41, 5.74) is 1.93. The number of nitrogens with one attached hydrogen (secondary N) is 1. The van der Waals surface area contributed by atoms with Gasteiger partial charge in [-0.05, 0) is 51.5 Å².